The summed E-state index contributed by atoms with van der Waals surface area (Å²) >= 11 is 7.01. The molecule has 0 saturated carbocycles. The van der Waals surface area contributed by atoms with Crippen molar-refractivity contribution in [3.63, 3.8) is 0 Å². The quantitative estimate of drug-likeness (QED) is 0.677. The summed E-state index contributed by atoms with van der Waals surface area (Å²) in [6, 6.07) is 6.01. The first-order valence-electron chi connectivity index (χ1n) is 6.81. The summed E-state index contributed by atoms with van der Waals surface area (Å²) in [5.41, 5.74) is 1.02. The molecule has 0 aliphatic heterocycles. The molecule has 2 rings (SSSR count). The average Bonchev–Trinajstić information content (AvgIpc) is 2.90. The first kappa shape index (κ1) is 15.7. The zero-order valence-corrected chi connectivity index (χ0v) is 14.6. The molecule has 1 aromatic carbocycles. The molecule has 0 unspecified atom stereocenters. The van der Waals surface area contributed by atoms with E-state index >= 15 is 0 Å². The third kappa shape index (κ3) is 4.43. The van der Waals surface area contributed by atoms with Crippen LogP contribution in [0.1, 0.15) is 25.7 Å². The number of hydrogen-bond donors (Lipinski definition) is 1. The molecule has 0 atom stereocenters. The minimum atomic E-state index is 0.796. The largest absolute Gasteiger partial charge is 0.441 e. The number of aryl methyl sites for hydroxylation is 1. The molecule has 1 heterocycles. The van der Waals surface area contributed by atoms with Crippen LogP contribution in [0.25, 0.3) is 11.3 Å². The standard InChI is InChI=1S/C15H18Br2N2O/c1-2-7-18-8-3-4-15-19-10-14(20-15)12-9-11(16)5-6-13(12)17/h5-6,9-10,18H,2-4,7-8H2,1H3. The van der Waals surface area contributed by atoms with Gasteiger partial charge in [-0.15, -0.1) is 0 Å². The highest BCUT2D eigenvalue weighted by molar-refractivity contribution is 9.11. The van der Waals surface area contributed by atoms with Gasteiger partial charge in [0.05, 0.1) is 6.20 Å². The maximum atomic E-state index is 5.82. The molecular weight excluding hydrogens is 384 g/mol. The lowest BCUT2D eigenvalue weighted by Crippen LogP contribution is -2.16. The lowest BCUT2D eigenvalue weighted by Gasteiger charge is -2.02. The Bertz CT molecular complexity index is 555. The molecular formula is C15H18Br2N2O. The number of nitrogens with one attached hydrogen (secondary N) is 1. The van der Waals surface area contributed by atoms with E-state index in [2.05, 4.69) is 49.1 Å². The van der Waals surface area contributed by atoms with E-state index in [1.54, 1.807) is 6.20 Å². The Morgan fingerprint density at radius 2 is 2.10 bits per heavy atom. The molecule has 20 heavy (non-hydrogen) atoms. The van der Waals surface area contributed by atoms with E-state index in [1.165, 1.54) is 6.42 Å². The predicted molar refractivity (Wildman–Crippen MR) is 88.8 cm³/mol. The van der Waals surface area contributed by atoms with Gasteiger partial charge in [0.2, 0.25) is 0 Å². The second-order valence-electron chi connectivity index (χ2n) is 4.60. The molecule has 0 saturated heterocycles. The third-order valence-corrected chi connectivity index (χ3v) is 4.10. The second-order valence-corrected chi connectivity index (χ2v) is 6.37. The normalized spacial score (nSPS) is 10.9. The molecule has 5 heteroatoms. The van der Waals surface area contributed by atoms with Gasteiger partial charge in [-0.3, -0.25) is 0 Å². The highest BCUT2D eigenvalue weighted by Gasteiger charge is 2.10. The molecule has 0 bridgehead atoms. The number of rotatable bonds is 7. The van der Waals surface area contributed by atoms with Gasteiger partial charge in [0, 0.05) is 20.9 Å². The molecule has 108 valence electrons. The third-order valence-electron chi connectivity index (χ3n) is 2.92. The Morgan fingerprint density at radius 1 is 1.25 bits per heavy atom. The van der Waals surface area contributed by atoms with Crippen LogP contribution in [0.15, 0.2) is 37.8 Å². The number of oxazole rings is 1. The van der Waals surface area contributed by atoms with Crippen molar-refractivity contribution < 1.29 is 4.42 Å². The number of aromatic nitrogens is 1. The van der Waals surface area contributed by atoms with E-state index in [4.69, 9.17) is 4.42 Å². The van der Waals surface area contributed by atoms with Crippen molar-refractivity contribution >= 4 is 31.9 Å². The van der Waals surface area contributed by atoms with E-state index in [0.717, 1.165) is 52.1 Å². The van der Waals surface area contributed by atoms with Gasteiger partial charge in [0.1, 0.15) is 0 Å². The van der Waals surface area contributed by atoms with Crippen LogP contribution in [0, 0.1) is 0 Å². The van der Waals surface area contributed by atoms with E-state index in [-0.39, 0.29) is 0 Å². The maximum absolute atomic E-state index is 5.82. The van der Waals surface area contributed by atoms with Crippen LogP contribution in [0.4, 0.5) is 0 Å². The fourth-order valence-electron chi connectivity index (χ4n) is 1.90. The van der Waals surface area contributed by atoms with Crippen molar-refractivity contribution in [3.05, 3.63) is 39.2 Å². The summed E-state index contributed by atoms with van der Waals surface area (Å²) in [4.78, 5) is 4.35. The summed E-state index contributed by atoms with van der Waals surface area (Å²) in [5, 5.41) is 3.38. The van der Waals surface area contributed by atoms with E-state index in [1.807, 2.05) is 18.2 Å². The zero-order chi connectivity index (χ0) is 14.4. The van der Waals surface area contributed by atoms with Crippen LogP contribution in [0.5, 0.6) is 0 Å². The lowest BCUT2D eigenvalue weighted by molar-refractivity contribution is 0.491. The monoisotopic (exact) mass is 400 g/mol. The van der Waals surface area contributed by atoms with Crippen molar-refractivity contribution in [2.24, 2.45) is 0 Å². The number of halogens is 2. The molecule has 0 radical (unpaired) electrons. The SMILES string of the molecule is CCCNCCCc1ncc(-c2cc(Br)ccc2Br)o1. The van der Waals surface area contributed by atoms with Gasteiger partial charge in [0.15, 0.2) is 11.7 Å². The minimum Gasteiger partial charge on any atom is -0.441 e. The van der Waals surface area contributed by atoms with Crippen LogP contribution in [0.3, 0.4) is 0 Å². The Hall–Kier alpha value is -0.650. The Balaban J connectivity index is 1.96. The second kappa shape index (κ2) is 7.96. The predicted octanol–water partition coefficient (Wildman–Crippen LogP) is 4.80. The van der Waals surface area contributed by atoms with Crippen LogP contribution in [-0.4, -0.2) is 18.1 Å². The van der Waals surface area contributed by atoms with Gasteiger partial charge in [-0.1, -0.05) is 38.8 Å². The molecule has 1 aromatic heterocycles. The van der Waals surface area contributed by atoms with E-state index in [9.17, 15) is 0 Å². The summed E-state index contributed by atoms with van der Waals surface area (Å²) < 4.78 is 7.86. The van der Waals surface area contributed by atoms with E-state index < -0.39 is 0 Å². The van der Waals surface area contributed by atoms with Gasteiger partial charge in [0.25, 0.3) is 0 Å². The highest BCUT2D eigenvalue weighted by atomic mass is 79.9. The Morgan fingerprint density at radius 3 is 2.90 bits per heavy atom. The van der Waals surface area contributed by atoms with Gasteiger partial charge in [-0.05, 0) is 44.1 Å². The molecule has 0 amide bonds. The van der Waals surface area contributed by atoms with Gasteiger partial charge >= 0.3 is 0 Å². The summed E-state index contributed by atoms with van der Waals surface area (Å²) in [5.74, 6) is 1.60. The molecule has 0 spiro atoms. The Labute approximate surface area is 136 Å². The van der Waals surface area contributed by atoms with Crippen LogP contribution >= 0.6 is 31.9 Å². The smallest absolute Gasteiger partial charge is 0.194 e. The van der Waals surface area contributed by atoms with Gasteiger partial charge in [-0.2, -0.15) is 0 Å². The van der Waals surface area contributed by atoms with Crippen molar-refractivity contribution in [1.82, 2.24) is 10.3 Å². The summed E-state index contributed by atoms with van der Waals surface area (Å²) in [6.07, 6.45) is 4.86. The van der Waals surface area contributed by atoms with Crippen molar-refractivity contribution in [3.8, 4) is 11.3 Å². The Kier molecular flexibility index (Phi) is 6.26. The lowest BCUT2D eigenvalue weighted by atomic mass is 10.2. The number of benzene rings is 1. The molecule has 0 fully saturated rings. The maximum Gasteiger partial charge on any atom is 0.194 e. The van der Waals surface area contributed by atoms with Crippen molar-refractivity contribution in [1.29, 1.82) is 0 Å². The number of hydrogen-bond acceptors (Lipinski definition) is 3. The molecule has 0 aliphatic carbocycles. The van der Waals surface area contributed by atoms with Gasteiger partial charge < -0.3 is 9.73 Å². The molecule has 1 N–H and O–H groups in total. The topological polar surface area (TPSA) is 38.1 Å². The summed E-state index contributed by atoms with van der Waals surface area (Å²) in [6.45, 7) is 4.25. The van der Waals surface area contributed by atoms with Crippen LogP contribution in [-0.2, 0) is 6.42 Å². The first-order chi connectivity index (χ1) is 9.70. The molecule has 2 aromatic rings. The molecule has 0 aliphatic rings. The number of nitrogens with zero attached hydrogens (tertiary/aromatic N) is 1. The van der Waals surface area contributed by atoms with Crippen LogP contribution in [0.2, 0.25) is 0 Å². The van der Waals surface area contributed by atoms with Crippen LogP contribution < -0.4 is 5.32 Å². The summed E-state index contributed by atoms with van der Waals surface area (Å²) in [7, 11) is 0. The van der Waals surface area contributed by atoms with Crippen molar-refractivity contribution in [2.45, 2.75) is 26.2 Å². The first-order valence-corrected chi connectivity index (χ1v) is 8.40. The van der Waals surface area contributed by atoms with Gasteiger partial charge in [-0.25, -0.2) is 4.98 Å². The fourth-order valence-corrected chi connectivity index (χ4v) is 2.71. The fraction of sp³-hybridized carbons (Fsp3) is 0.400. The minimum absolute atomic E-state index is 0.796. The highest BCUT2D eigenvalue weighted by Crippen LogP contribution is 2.31. The van der Waals surface area contributed by atoms with E-state index in [0.29, 0.717) is 0 Å². The van der Waals surface area contributed by atoms with Crippen molar-refractivity contribution in [2.75, 3.05) is 13.1 Å². The molecule has 3 nitrogen and oxygen atoms in total. The average molecular weight is 402 g/mol. The zero-order valence-electron chi connectivity index (χ0n) is 11.5.